The van der Waals surface area contributed by atoms with Crippen LogP contribution < -0.4 is 0 Å². The van der Waals surface area contributed by atoms with Gasteiger partial charge in [-0.3, -0.25) is 9.69 Å². The number of carbonyl (C=O) groups is 1. The zero-order valence-corrected chi connectivity index (χ0v) is 10.2. The van der Waals surface area contributed by atoms with Gasteiger partial charge in [0.1, 0.15) is 0 Å². The molecule has 1 unspecified atom stereocenters. The molecule has 2 aliphatic rings. The van der Waals surface area contributed by atoms with Crippen molar-refractivity contribution in [2.45, 2.75) is 32.2 Å². The number of carbonyl (C=O) groups excluding carboxylic acids is 1. The third kappa shape index (κ3) is 2.14. The van der Waals surface area contributed by atoms with E-state index < -0.39 is 0 Å². The molecule has 2 rings (SSSR count). The van der Waals surface area contributed by atoms with E-state index in [0.717, 1.165) is 19.5 Å². The largest absolute Gasteiger partial charge is 0.469 e. The Bertz CT molecular complexity index is 282. The smallest absolute Gasteiger partial charge is 0.310 e. The molecule has 16 heavy (non-hydrogen) atoms. The maximum Gasteiger partial charge on any atom is 0.310 e. The molecule has 0 saturated carbocycles. The van der Waals surface area contributed by atoms with Crippen LogP contribution in [0.4, 0.5) is 0 Å². The Hall–Kier alpha value is -0.830. The van der Waals surface area contributed by atoms with Gasteiger partial charge in [0.15, 0.2) is 0 Å². The van der Waals surface area contributed by atoms with E-state index in [9.17, 15) is 4.79 Å². The molecule has 0 radical (unpaired) electrons. The highest BCUT2D eigenvalue weighted by Crippen LogP contribution is 2.31. The van der Waals surface area contributed by atoms with E-state index >= 15 is 0 Å². The van der Waals surface area contributed by atoms with E-state index in [-0.39, 0.29) is 17.9 Å². The third-order valence-electron chi connectivity index (χ3n) is 3.86. The van der Waals surface area contributed by atoms with Crippen LogP contribution in [-0.2, 0) is 9.53 Å². The Labute approximate surface area is 97.5 Å². The highest BCUT2D eigenvalue weighted by molar-refractivity contribution is 5.74. The van der Waals surface area contributed by atoms with Crippen LogP contribution in [0, 0.1) is 11.8 Å². The van der Waals surface area contributed by atoms with Gasteiger partial charge >= 0.3 is 5.97 Å². The van der Waals surface area contributed by atoms with Gasteiger partial charge in [0.25, 0.3) is 0 Å². The number of esters is 1. The molecule has 0 spiro atoms. The molecular formula is C13H21NO2. The molecule has 0 amide bonds. The second-order valence-corrected chi connectivity index (χ2v) is 4.92. The van der Waals surface area contributed by atoms with Crippen LogP contribution in [0.25, 0.3) is 0 Å². The molecule has 3 nitrogen and oxygen atoms in total. The standard InChI is InChI=1S/C13H21NO2/c1-10-6-5-7-11(12(10)13(15)16-2)14-8-3-4-9-14/h5,7,10-12H,3-4,6,8-9H2,1-2H3/t10-,11?,12+/m0/s1. The molecule has 1 fully saturated rings. The van der Waals surface area contributed by atoms with Crippen LogP contribution in [0.1, 0.15) is 26.2 Å². The summed E-state index contributed by atoms with van der Waals surface area (Å²) in [7, 11) is 1.49. The maximum absolute atomic E-state index is 11.9. The minimum atomic E-state index is -0.0475. The topological polar surface area (TPSA) is 29.5 Å². The van der Waals surface area contributed by atoms with Gasteiger partial charge in [-0.05, 0) is 38.3 Å². The summed E-state index contributed by atoms with van der Waals surface area (Å²) in [5.41, 5.74) is 0. The molecule has 1 saturated heterocycles. The summed E-state index contributed by atoms with van der Waals surface area (Å²) in [4.78, 5) is 14.3. The van der Waals surface area contributed by atoms with Crippen molar-refractivity contribution in [1.82, 2.24) is 4.90 Å². The summed E-state index contributed by atoms with van der Waals surface area (Å²) < 4.78 is 4.95. The highest BCUT2D eigenvalue weighted by atomic mass is 16.5. The van der Waals surface area contributed by atoms with Gasteiger partial charge in [0.05, 0.1) is 13.0 Å². The normalized spacial score (nSPS) is 35.2. The molecule has 90 valence electrons. The van der Waals surface area contributed by atoms with E-state index in [1.54, 1.807) is 0 Å². The Balaban J connectivity index is 2.15. The van der Waals surface area contributed by atoms with Crippen LogP contribution in [-0.4, -0.2) is 37.1 Å². The number of nitrogens with zero attached hydrogens (tertiary/aromatic N) is 1. The molecule has 1 heterocycles. The Morgan fingerprint density at radius 1 is 1.38 bits per heavy atom. The first-order valence-electron chi connectivity index (χ1n) is 6.22. The summed E-state index contributed by atoms with van der Waals surface area (Å²) in [6.45, 7) is 4.39. The fraction of sp³-hybridized carbons (Fsp3) is 0.769. The average Bonchev–Trinajstić information content (AvgIpc) is 2.81. The van der Waals surface area contributed by atoms with Crippen molar-refractivity contribution in [1.29, 1.82) is 0 Å². The lowest BCUT2D eigenvalue weighted by atomic mass is 9.80. The summed E-state index contributed by atoms with van der Waals surface area (Å²) in [5, 5.41) is 0. The summed E-state index contributed by atoms with van der Waals surface area (Å²) >= 11 is 0. The van der Waals surface area contributed by atoms with Crippen LogP contribution in [0.5, 0.6) is 0 Å². The van der Waals surface area contributed by atoms with E-state index in [1.807, 2.05) is 0 Å². The van der Waals surface area contributed by atoms with E-state index in [4.69, 9.17) is 4.74 Å². The van der Waals surface area contributed by atoms with Crippen LogP contribution in [0.2, 0.25) is 0 Å². The highest BCUT2D eigenvalue weighted by Gasteiger charge is 2.38. The first-order valence-corrected chi connectivity index (χ1v) is 6.22. The lowest BCUT2D eigenvalue weighted by Gasteiger charge is -2.36. The van der Waals surface area contributed by atoms with Gasteiger partial charge in [-0.15, -0.1) is 0 Å². The molecule has 0 aromatic carbocycles. The minimum absolute atomic E-state index is 0.0214. The van der Waals surface area contributed by atoms with Crippen LogP contribution >= 0.6 is 0 Å². The SMILES string of the molecule is COC(=O)[C@H]1C(N2CCCC2)C=CC[C@@H]1C. The first kappa shape index (κ1) is 11.6. The van der Waals surface area contributed by atoms with Crippen molar-refractivity contribution in [3.05, 3.63) is 12.2 Å². The summed E-state index contributed by atoms with van der Waals surface area (Å²) in [6.07, 6.45) is 7.92. The van der Waals surface area contributed by atoms with Gasteiger partial charge in [-0.25, -0.2) is 0 Å². The Morgan fingerprint density at radius 2 is 2.06 bits per heavy atom. The lowest BCUT2D eigenvalue weighted by molar-refractivity contribution is -0.149. The van der Waals surface area contributed by atoms with Crippen molar-refractivity contribution in [3.63, 3.8) is 0 Å². The van der Waals surface area contributed by atoms with Crippen LogP contribution in [0.15, 0.2) is 12.2 Å². The van der Waals surface area contributed by atoms with Crippen LogP contribution in [0.3, 0.4) is 0 Å². The Morgan fingerprint density at radius 3 is 2.69 bits per heavy atom. The lowest BCUT2D eigenvalue weighted by Crippen LogP contribution is -2.45. The molecule has 3 heteroatoms. The number of allylic oxidation sites excluding steroid dienone is 1. The fourth-order valence-electron chi connectivity index (χ4n) is 2.93. The number of hydrogen-bond acceptors (Lipinski definition) is 3. The number of hydrogen-bond donors (Lipinski definition) is 0. The van der Waals surface area contributed by atoms with Gasteiger partial charge in [0.2, 0.25) is 0 Å². The third-order valence-corrected chi connectivity index (χ3v) is 3.86. The van der Waals surface area contributed by atoms with Gasteiger partial charge < -0.3 is 4.74 Å². The zero-order valence-electron chi connectivity index (χ0n) is 10.2. The Kier molecular flexibility index (Phi) is 3.64. The molecular weight excluding hydrogens is 202 g/mol. The maximum atomic E-state index is 11.9. The molecule has 0 aromatic rings. The zero-order chi connectivity index (χ0) is 11.5. The second-order valence-electron chi connectivity index (χ2n) is 4.92. The van der Waals surface area contributed by atoms with Crippen molar-refractivity contribution in [3.8, 4) is 0 Å². The first-order chi connectivity index (χ1) is 7.74. The van der Waals surface area contributed by atoms with Crippen molar-refractivity contribution in [2.75, 3.05) is 20.2 Å². The molecule has 0 N–H and O–H groups in total. The van der Waals surface area contributed by atoms with Crippen molar-refractivity contribution < 1.29 is 9.53 Å². The summed E-state index contributed by atoms with van der Waals surface area (Å²) in [5.74, 6) is 0.366. The fourth-order valence-corrected chi connectivity index (χ4v) is 2.93. The molecule has 1 aliphatic carbocycles. The van der Waals surface area contributed by atoms with E-state index in [1.165, 1.54) is 20.0 Å². The molecule has 3 atom stereocenters. The van der Waals surface area contributed by atoms with E-state index in [2.05, 4.69) is 24.0 Å². The number of ether oxygens (including phenoxy) is 1. The predicted molar refractivity (Wildman–Crippen MR) is 63.0 cm³/mol. The number of methoxy groups -OCH3 is 1. The monoisotopic (exact) mass is 223 g/mol. The minimum Gasteiger partial charge on any atom is -0.469 e. The molecule has 0 aromatic heterocycles. The van der Waals surface area contributed by atoms with Gasteiger partial charge in [0, 0.05) is 6.04 Å². The predicted octanol–water partition coefficient (Wildman–Crippen LogP) is 1.84. The van der Waals surface area contributed by atoms with E-state index in [0.29, 0.717) is 5.92 Å². The molecule has 1 aliphatic heterocycles. The quantitative estimate of drug-likeness (QED) is 0.528. The van der Waals surface area contributed by atoms with Gasteiger partial charge in [-0.1, -0.05) is 19.1 Å². The molecule has 0 bridgehead atoms. The summed E-state index contributed by atoms with van der Waals surface area (Å²) in [6, 6.07) is 0.263. The number of likely N-dealkylation sites (tertiary alicyclic amines) is 1. The second kappa shape index (κ2) is 5.00. The van der Waals surface area contributed by atoms with Gasteiger partial charge in [-0.2, -0.15) is 0 Å². The number of rotatable bonds is 2. The average molecular weight is 223 g/mol. The van der Waals surface area contributed by atoms with Crippen molar-refractivity contribution in [2.24, 2.45) is 11.8 Å². The van der Waals surface area contributed by atoms with Crippen molar-refractivity contribution >= 4 is 5.97 Å².